The van der Waals surface area contributed by atoms with Crippen LogP contribution in [0.3, 0.4) is 0 Å². The molecule has 0 amide bonds. The summed E-state index contributed by atoms with van der Waals surface area (Å²) in [6, 6.07) is 0. The van der Waals surface area contributed by atoms with Crippen molar-refractivity contribution in [3.63, 3.8) is 0 Å². The van der Waals surface area contributed by atoms with Gasteiger partial charge in [-0.15, -0.1) is 0 Å². The van der Waals surface area contributed by atoms with Crippen LogP contribution in [0.5, 0.6) is 0 Å². The largest absolute Gasteiger partial charge is 0.392 e. The van der Waals surface area contributed by atoms with Crippen molar-refractivity contribution < 1.29 is 8.42 Å². The molecule has 2 aliphatic rings. The Bertz CT molecular complexity index is 412. The summed E-state index contributed by atoms with van der Waals surface area (Å²) in [6.07, 6.45) is 7.86. The average molecular weight is 290 g/mol. The van der Waals surface area contributed by atoms with Gasteiger partial charge in [-0.25, -0.2) is 8.42 Å². The molecule has 1 aliphatic heterocycles. The van der Waals surface area contributed by atoms with Crippen LogP contribution in [0, 0.1) is 0 Å². The first-order chi connectivity index (χ1) is 8.49. The Balaban J connectivity index is 2.32. The van der Waals surface area contributed by atoms with Crippen molar-refractivity contribution in [2.45, 2.75) is 56.9 Å². The number of sulfonamides is 1. The van der Waals surface area contributed by atoms with Crippen molar-refractivity contribution in [1.29, 1.82) is 0 Å². The van der Waals surface area contributed by atoms with Gasteiger partial charge in [-0.2, -0.15) is 4.31 Å². The fourth-order valence-electron chi connectivity index (χ4n) is 3.23. The molecule has 0 atom stereocenters. The monoisotopic (exact) mass is 290 g/mol. The van der Waals surface area contributed by atoms with E-state index in [1.54, 1.807) is 4.31 Å². The molecule has 1 heterocycles. The maximum atomic E-state index is 12.2. The molecule has 0 aromatic heterocycles. The first-order valence-electron chi connectivity index (χ1n) is 6.79. The van der Waals surface area contributed by atoms with Gasteiger partial charge in [0.05, 0.1) is 16.3 Å². The third-order valence-electron chi connectivity index (χ3n) is 4.22. The van der Waals surface area contributed by atoms with E-state index in [2.05, 4.69) is 0 Å². The summed E-state index contributed by atoms with van der Waals surface area (Å²) >= 11 is 5.24. The third-order valence-corrected chi connectivity index (χ3v) is 6.60. The number of hydrogen-bond donors (Lipinski definition) is 1. The maximum absolute atomic E-state index is 12.2. The topological polar surface area (TPSA) is 63.4 Å². The Labute approximate surface area is 115 Å². The highest BCUT2D eigenvalue weighted by Gasteiger charge is 2.47. The van der Waals surface area contributed by atoms with Crippen molar-refractivity contribution >= 4 is 27.2 Å². The molecule has 0 spiro atoms. The van der Waals surface area contributed by atoms with Crippen LogP contribution in [-0.4, -0.2) is 35.5 Å². The number of nitrogens with two attached hydrogens (primary N) is 1. The highest BCUT2D eigenvalue weighted by Crippen LogP contribution is 2.36. The van der Waals surface area contributed by atoms with E-state index in [1.165, 1.54) is 6.42 Å². The van der Waals surface area contributed by atoms with Crippen LogP contribution < -0.4 is 5.73 Å². The first-order valence-corrected chi connectivity index (χ1v) is 8.81. The Morgan fingerprint density at radius 1 is 1.06 bits per heavy atom. The maximum Gasteiger partial charge on any atom is 0.215 e. The van der Waals surface area contributed by atoms with Crippen LogP contribution in [0.25, 0.3) is 0 Å². The van der Waals surface area contributed by atoms with E-state index in [0.29, 0.717) is 18.0 Å². The van der Waals surface area contributed by atoms with E-state index >= 15 is 0 Å². The summed E-state index contributed by atoms with van der Waals surface area (Å²) in [5.74, 6) is 0.247. The predicted octanol–water partition coefficient (Wildman–Crippen LogP) is 1.79. The van der Waals surface area contributed by atoms with E-state index in [4.69, 9.17) is 18.0 Å². The molecular weight excluding hydrogens is 268 g/mol. The Morgan fingerprint density at radius 3 is 2.06 bits per heavy atom. The van der Waals surface area contributed by atoms with E-state index in [0.717, 1.165) is 38.5 Å². The molecule has 2 N–H and O–H groups in total. The third kappa shape index (κ3) is 2.56. The highest BCUT2D eigenvalue weighted by molar-refractivity contribution is 7.89. The Hall–Kier alpha value is -0.200. The molecule has 18 heavy (non-hydrogen) atoms. The van der Waals surface area contributed by atoms with Crippen molar-refractivity contribution in [3.05, 3.63) is 0 Å². The standard InChI is InChI=1S/C12H22N2O2S2/c13-11(17)12(7-4-2-1-3-5-8-12)14-9-6-10-18(14,15)16/h1-10H2,(H2,13,17). The Morgan fingerprint density at radius 2 is 1.61 bits per heavy atom. The highest BCUT2D eigenvalue weighted by atomic mass is 32.2. The summed E-state index contributed by atoms with van der Waals surface area (Å²) < 4.78 is 26.0. The van der Waals surface area contributed by atoms with Crippen molar-refractivity contribution in [3.8, 4) is 0 Å². The molecule has 0 bridgehead atoms. The fourth-order valence-corrected chi connectivity index (χ4v) is 5.54. The molecule has 2 rings (SSSR count). The van der Waals surface area contributed by atoms with Crippen LogP contribution in [0.15, 0.2) is 0 Å². The SMILES string of the molecule is NC(=S)C1(N2CCCS2(=O)=O)CCCCCCC1. The first kappa shape index (κ1) is 14.2. The number of hydrogen-bond acceptors (Lipinski definition) is 3. The van der Waals surface area contributed by atoms with Crippen LogP contribution in [0.4, 0.5) is 0 Å². The molecule has 2 fully saturated rings. The lowest BCUT2D eigenvalue weighted by Gasteiger charge is -2.41. The predicted molar refractivity (Wildman–Crippen MR) is 76.9 cm³/mol. The Kier molecular flexibility index (Phi) is 4.29. The molecule has 104 valence electrons. The second kappa shape index (κ2) is 5.43. The van der Waals surface area contributed by atoms with Gasteiger partial charge in [-0.3, -0.25) is 0 Å². The molecule has 0 radical (unpaired) electrons. The van der Waals surface area contributed by atoms with E-state index in [9.17, 15) is 8.42 Å². The van der Waals surface area contributed by atoms with E-state index in [1.807, 2.05) is 0 Å². The van der Waals surface area contributed by atoms with Crippen LogP contribution in [0.1, 0.15) is 51.4 Å². The summed E-state index contributed by atoms with van der Waals surface area (Å²) in [5, 5.41) is 0. The summed E-state index contributed by atoms with van der Waals surface area (Å²) in [5.41, 5.74) is 5.37. The molecular formula is C12H22N2O2S2. The van der Waals surface area contributed by atoms with Gasteiger partial charge in [0.2, 0.25) is 10.0 Å². The molecule has 6 heteroatoms. The second-order valence-corrected chi connectivity index (χ2v) is 7.86. The molecule has 4 nitrogen and oxygen atoms in total. The van der Waals surface area contributed by atoms with Crippen LogP contribution in [0.2, 0.25) is 0 Å². The smallest absolute Gasteiger partial charge is 0.215 e. The van der Waals surface area contributed by atoms with Crippen molar-refractivity contribution in [2.75, 3.05) is 12.3 Å². The van der Waals surface area contributed by atoms with Gasteiger partial charge in [0.1, 0.15) is 0 Å². The van der Waals surface area contributed by atoms with Gasteiger partial charge in [0, 0.05) is 6.54 Å². The van der Waals surface area contributed by atoms with Gasteiger partial charge in [-0.05, 0) is 19.3 Å². The van der Waals surface area contributed by atoms with Crippen molar-refractivity contribution in [2.24, 2.45) is 5.73 Å². The van der Waals surface area contributed by atoms with Crippen LogP contribution >= 0.6 is 12.2 Å². The second-order valence-electron chi connectivity index (χ2n) is 5.41. The number of rotatable bonds is 2. The molecule has 0 unspecified atom stereocenters. The molecule has 1 saturated heterocycles. The van der Waals surface area contributed by atoms with Gasteiger partial charge in [0.15, 0.2) is 0 Å². The number of thiocarbonyl (C=S) groups is 1. The molecule has 0 aromatic rings. The summed E-state index contributed by atoms with van der Waals surface area (Å²) in [6.45, 7) is 0.583. The van der Waals surface area contributed by atoms with Gasteiger partial charge >= 0.3 is 0 Å². The molecule has 1 aliphatic carbocycles. The zero-order valence-corrected chi connectivity index (χ0v) is 12.4. The van der Waals surface area contributed by atoms with E-state index in [-0.39, 0.29) is 5.75 Å². The summed E-state index contributed by atoms with van der Waals surface area (Å²) in [7, 11) is -3.15. The quantitative estimate of drug-likeness (QED) is 0.788. The lowest BCUT2D eigenvalue weighted by Crippen LogP contribution is -2.57. The minimum Gasteiger partial charge on any atom is -0.392 e. The fraction of sp³-hybridized carbons (Fsp3) is 0.917. The van der Waals surface area contributed by atoms with Crippen LogP contribution in [-0.2, 0) is 10.0 Å². The summed E-state index contributed by atoms with van der Waals surface area (Å²) in [4.78, 5) is 0.370. The average Bonchev–Trinajstić information content (AvgIpc) is 2.58. The minimum atomic E-state index is -3.15. The van der Waals surface area contributed by atoms with Crippen molar-refractivity contribution in [1.82, 2.24) is 4.31 Å². The molecule has 0 aromatic carbocycles. The van der Waals surface area contributed by atoms with Gasteiger partial charge in [0.25, 0.3) is 0 Å². The lowest BCUT2D eigenvalue weighted by molar-refractivity contribution is 0.225. The normalized spacial score (nSPS) is 28.4. The van der Waals surface area contributed by atoms with E-state index < -0.39 is 15.6 Å². The zero-order valence-electron chi connectivity index (χ0n) is 10.7. The molecule has 1 saturated carbocycles. The lowest BCUT2D eigenvalue weighted by atomic mass is 9.83. The minimum absolute atomic E-state index is 0.247. The van der Waals surface area contributed by atoms with Gasteiger partial charge < -0.3 is 5.73 Å². The van der Waals surface area contributed by atoms with Gasteiger partial charge in [-0.1, -0.05) is 44.3 Å². The number of nitrogens with zero attached hydrogens (tertiary/aromatic N) is 1. The zero-order chi connectivity index (χ0) is 13.2.